The number of carbonyl (C=O) groups is 2. The van der Waals surface area contributed by atoms with Gasteiger partial charge in [0.15, 0.2) is 5.11 Å². The SMILES string of the molecule is C=CCOc1ccc(C(=O)NNC(=S)NC(=O)c2cccc(OCCCC)c2)cc1. The van der Waals surface area contributed by atoms with Crippen LogP contribution in [0.2, 0.25) is 0 Å². The van der Waals surface area contributed by atoms with E-state index in [2.05, 4.69) is 29.7 Å². The summed E-state index contributed by atoms with van der Waals surface area (Å²) < 4.78 is 11.0. The van der Waals surface area contributed by atoms with Gasteiger partial charge in [0.2, 0.25) is 0 Å². The van der Waals surface area contributed by atoms with E-state index in [9.17, 15) is 9.59 Å². The number of thiocarbonyl (C=S) groups is 1. The minimum atomic E-state index is -0.411. The third kappa shape index (κ3) is 7.56. The van der Waals surface area contributed by atoms with Crippen molar-refractivity contribution in [1.82, 2.24) is 16.2 Å². The number of nitrogens with one attached hydrogen (secondary N) is 3. The molecule has 7 nitrogen and oxygen atoms in total. The third-order valence-corrected chi connectivity index (χ3v) is 4.07. The zero-order valence-electron chi connectivity index (χ0n) is 16.8. The monoisotopic (exact) mass is 427 g/mol. The van der Waals surface area contributed by atoms with Crippen LogP contribution in [0.15, 0.2) is 61.2 Å². The summed E-state index contributed by atoms with van der Waals surface area (Å²) in [6.07, 6.45) is 3.60. The van der Waals surface area contributed by atoms with Crippen LogP contribution >= 0.6 is 12.2 Å². The van der Waals surface area contributed by atoms with Gasteiger partial charge in [0.1, 0.15) is 18.1 Å². The maximum atomic E-state index is 12.3. The van der Waals surface area contributed by atoms with E-state index in [1.54, 1.807) is 54.6 Å². The van der Waals surface area contributed by atoms with Gasteiger partial charge in [0, 0.05) is 11.1 Å². The number of hydrogen-bond acceptors (Lipinski definition) is 5. The first-order valence-electron chi connectivity index (χ1n) is 9.51. The summed E-state index contributed by atoms with van der Waals surface area (Å²) >= 11 is 5.07. The fraction of sp³-hybridized carbons (Fsp3) is 0.227. The average molecular weight is 428 g/mol. The molecule has 0 unspecified atom stereocenters. The highest BCUT2D eigenvalue weighted by Crippen LogP contribution is 2.14. The molecule has 0 spiro atoms. The second kappa shape index (κ2) is 12.2. The van der Waals surface area contributed by atoms with Crippen molar-refractivity contribution in [1.29, 1.82) is 0 Å². The van der Waals surface area contributed by atoms with Crippen LogP contribution in [-0.4, -0.2) is 30.1 Å². The zero-order valence-corrected chi connectivity index (χ0v) is 17.6. The number of benzene rings is 2. The molecule has 0 saturated heterocycles. The van der Waals surface area contributed by atoms with E-state index in [0.717, 1.165) is 12.8 Å². The van der Waals surface area contributed by atoms with Crippen LogP contribution in [0.25, 0.3) is 0 Å². The largest absolute Gasteiger partial charge is 0.494 e. The Bertz CT molecular complexity index is 884. The third-order valence-electron chi connectivity index (χ3n) is 3.86. The van der Waals surface area contributed by atoms with Crippen LogP contribution in [0.4, 0.5) is 0 Å². The van der Waals surface area contributed by atoms with Crippen LogP contribution in [0, 0.1) is 0 Å². The highest BCUT2D eigenvalue weighted by molar-refractivity contribution is 7.80. The number of rotatable bonds is 9. The summed E-state index contributed by atoms with van der Waals surface area (Å²) in [4.78, 5) is 24.5. The van der Waals surface area contributed by atoms with Gasteiger partial charge in [0.25, 0.3) is 11.8 Å². The molecule has 8 heteroatoms. The fourth-order valence-corrected chi connectivity index (χ4v) is 2.46. The summed E-state index contributed by atoms with van der Waals surface area (Å²) in [6, 6.07) is 13.4. The van der Waals surface area contributed by atoms with Gasteiger partial charge in [-0.2, -0.15) is 0 Å². The van der Waals surface area contributed by atoms with Crippen LogP contribution in [0.3, 0.4) is 0 Å². The van der Waals surface area contributed by atoms with Crippen molar-refractivity contribution in [2.24, 2.45) is 0 Å². The number of amides is 2. The summed E-state index contributed by atoms with van der Waals surface area (Å²) in [5.74, 6) is 0.423. The molecule has 0 heterocycles. The van der Waals surface area contributed by atoms with E-state index < -0.39 is 11.8 Å². The van der Waals surface area contributed by atoms with Gasteiger partial charge in [-0.25, -0.2) is 0 Å². The lowest BCUT2D eigenvalue weighted by atomic mass is 10.2. The van der Waals surface area contributed by atoms with Gasteiger partial charge in [-0.1, -0.05) is 32.1 Å². The first-order valence-corrected chi connectivity index (χ1v) is 9.92. The Morgan fingerprint density at radius 3 is 2.47 bits per heavy atom. The van der Waals surface area contributed by atoms with E-state index >= 15 is 0 Å². The van der Waals surface area contributed by atoms with Gasteiger partial charge < -0.3 is 9.47 Å². The molecule has 2 aromatic rings. The summed E-state index contributed by atoms with van der Waals surface area (Å²) in [7, 11) is 0. The molecular weight excluding hydrogens is 402 g/mol. The van der Waals surface area contributed by atoms with E-state index in [-0.39, 0.29) is 5.11 Å². The number of unbranched alkanes of at least 4 members (excludes halogenated alkanes) is 1. The predicted molar refractivity (Wildman–Crippen MR) is 120 cm³/mol. The van der Waals surface area contributed by atoms with Crippen molar-refractivity contribution in [3.05, 3.63) is 72.3 Å². The van der Waals surface area contributed by atoms with E-state index in [4.69, 9.17) is 21.7 Å². The lowest BCUT2D eigenvalue weighted by Crippen LogP contribution is -2.48. The van der Waals surface area contributed by atoms with Crippen molar-refractivity contribution >= 4 is 29.1 Å². The molecule has 0 aliphatic heterocycles. The molecule has 0 saturated carbocycles. The van der Waals surface area contributed by atoms with Crippen molar-refractivity contribution in [2.45, 2.75) is 19.8 Å². The molecule has 0 aromatic heterocycles. The van der Waals surface area contributed by atoms with Gasteiger partial charge in [-0.15, -0.1) is 0 Å². The summed E-state index contributed by atoms with van der Waals surface area (Å²) in [5, 5.41) is 2.48. The van der Waals surface area contributed by atoms with Gasteiger partial charge in [-0.3, -0.25) is 25.8 Å². The Labute approximate surface area is 181 Å². The summed E-state index contributed by atoms with van der Waals surface area (Å²) in [6.45, 7) is 6.63. The number of carbonyl (C=O) groups excluding carboxylic acids is 2. The molecule has 2 amide bonds. The first-order chi connectivity index (χ1) is 14.5. The minimum Gasteiger partial charge on any atom is -0.494 e. The average Bonchev–Trinajstić information content (AvgIpc) is 2.76. The van der Waals surface area contributed by atoms with Crippen molar-refractivity contribution < 1.29 is 19.1 Å². The van der Waals surface area contributed by atoms with E-state index in [1.807, 2.05) is 0 Å². The van der Waals surface area contributed by atoms with Gasteiger partial charge >= 0.3 is 0 Å². The molecule has 30 heavy (non-hydrogen) atoms. The van der Waals surface area contributed by atoms with Gasteiger partial charge in [-0.05, 0) is 61.1 Å². The molecule has 0 bridgehead atoms. The fourth-order valence-electron chi connectivity index (χ4n) is 2.31. The Morgan fingerprint density at radius 1 is 1.00 bits per heavy atom. The smallest absolute Gasteiger partial charge is 0.269 e. The Kier molecular flexibility index (Phi) is 9.33. The molecule has 2 rings (SSSR count). The van der Waals surface area contributed by atoms with Crippen LogP contribution in [0.1, 0.15) is 40.5 Å². The minimum absolute atomic E-state index is 0.0309. The molecule has 0 aliphatic carbocycles. The Balaban J connectivity index is 1.82. The quantitative estimate of drug-likeness (QED) is 0.246. The molecule has 2 aromatic carbocycles. The molecule has 0 atom stereocenters. The second-order valence-electron chi connectivity index (χ2n) is 6.22. The topological polar surface area (TPSA) is 88.7 Å². The van der Waals surface area contributed by atoms with Crippen LogP contribution < -0.4 is 25.6 Å². The Morgan fingerprint density at radius 2 is 1.77 bits per heavy atom. The molecular formula is C22H25N3O4S. The molecule has 0 aliphatic rings. The van der Waals surface area contributed by atoms with Crippen molar-refractivity contribution in [3.63, 3.8) is 0 Å². The van der Waals surface area contributed by atoms with Crippen LogP contribution in [0.5, 0.6) is 11.5 Å². The maximum absolute atomic E-state index is 12.3. The molecule has 0 fully saturated rings. The second-order valence-corrected chi connectivity index (χ2v) is 6.62. The van der Waals surface area contributed by atoms with E-state index in [0.29, 0.717) is 35.8 Å². The number of hydrazine groups is 1. The highest BCUT2D eigenvalue weighted by atomic mass is 32.1. The first kappa shape index (κ1) is 22.9. The maximum Gasteiger partial charge on any atom is 0.269 e. The lowest BCUT2D eigenvalue weighted by molar-refractivity contribution is 0.0934. The molecule has 0 radical (unpaired) electrons. The van der Waals surface area contributed by atoms with Gasteiger partial charge in [0.05, 0.1) is 6.61 Å². The molecule has 158 valence electrons. The van der Waals surface area contributed by atoms with E-state index in [1.165, 1.54) is 0 Å². The Hall–Kier alpha value is -3.39. The zero-order chi connectivity index (χ0) is 21.8. The lowest BCUT2D eigenvalue weighted by Gasteiger charge is -2.12. The number of ether oxygens (including phenoxy) is 2. The highest BCUT2D eigenvalue weighted by Gasteiger charge is 2.10. The van der Waals surface area contributed by atoms with Crippen molar-refractivity contribution in [3.8, 4) is 11.5 Å². The number of hydrogen-bond donors (Lipinski definition) is 3. The molecule has 3 N–H and O–H groups in total. The van der Waals surface area contributed by atoms with Crippen LogP contribution in [-0.2, 0) is 0 Å². The predicted octanol–water partition coefficient (Wildman–Crippen LogP) is 3.38. The normalized spacial score (nSPS) is 9.90. The summed E-state index contributed by atoms with van der Waals surface area (Å²) in [5.41, 5.74) is 5.75. The standard InChI is InChI=1S/C22H25N3O4S/c1-3-5-14-29-19-8-6-7-17(15-19)20(26)23-22(30)25-24-21(27)16-9-11-18(12-10-16)28-13-4-2/h4,6-12,15H,2-3,5,13-14H2,1H3,(H,24,27)(H2,23,25,26,30). The van der Waals surface area contributed by atoms with Crippen molar-refractivity contribution in [2.75, 3.05) is 13.2 Å².